The molecular formula is C7H14N2OS. The highest BCUT2D eigenvalue weighted by Gasteiger charge is 2.29. The molecule has 1 fully saturated rings. The van der Waals surface area contributed by atoms with Gasteiger partial charge >= 0.3 is 6.03 Å². The van der Waals surface area contributed by atoms with Crippen molar-refractivity contribution in [3.05, 3.63) is 0 Å². The maximum atomic E-state index is 11.4. The number of rotatable bonds is 2. The normalized spacial score (nSPS) is 18.7. The summed E-state index contributed by atoms with van der Waals surface area (Å²) in [7, 11) is 0. The Hall–Kier alpha value is -0.380. The molecule has 0 unspecified atom stereocenters. The first-order valence-electron chi connectivity index (χ1n) is 3.79. The van der Waals surface area contributed by atoms with Crippen LogP contribution in [0.4, 0.5) is 4.79 Å². The summed E-state index contributed by atoms with van der Waals surface area (Å²) >= 11 is 1.50. The van der Waals surface area contributed by atoms with Crippen molar-refractivity contribution >= 4 is 18.0 Å². The van der Waals surface area contributed by atoms with Crippen LogP contribution in [0.2, 0.25) is 0 Å². The first kappa shape index (κ1) is 8.71. The van der Waals surface area contributed by atoms with Gasteiger partial charge in [-0.2, -0.15) is 0 Å². The molecule has 1 aliphatic rings. The number of hydrogen-bond donors (Lipinski definition) is 0. The van der Waals surface area contributed by atoms with Gasteiger partial charge in [-0.15, -0.1) is 0 Å². The summed E-state index contributed by atoms with van der Waals surface area (Å²) in [6.07, 6.45) is 1.93. The van der Waals surface area contributed by atoms with Crippen molar-refractivity contribution in [1.29, 1.82) is 0 Å². The van der Waals surface area contributed by atoms with Crippen LogP contribution in [-0.4, -0.2) is 40.6 Å². The van der Waals surface area contributed by atoms with Crippen LogP contribution in [0.25, 0.3) is 0 Å². The van der Waals surface area contributed by atoms with Crippen molar-refractivity contribution in [2.75, 3.05) is 19.3 Å². The zero-order valence-electron chi connectivity index (χ0n) is 7.20. The van der Waals surface area contributed by atoms with E-state index in [1.807, 2.05) is 25.0 Å². The SMILES string of the molecule is CSN1CCN(C(C)C)C1=O. The molecule has 2 amide bonds. The van der Waals surface area contributed by atoms with E-state index in [2.05, 4.69) is 0 Å². The predicted octanol–water partition coefficient (Wildman–Crippen LogP) is 1.41. The quantitative estimate of drug-likeness (QED) is 0.591. The Balaban J connectivity index is 2.56. The Morgan fingerprint density at radius 1 is 1.45 bits per heavy atom. The fraction of sp³-hybridized carbons (Fsp3) is 0.857. The largest absolute Gasteiger partial charge is 0.330 e. The Bertz CT molecular complexity index is 161. The molecule has 64 valence electrons. The van der Waals surface area contributed by atoms with Crippen molar-refractivity contribution < 1.29 is 4.79 Å². The van der Waals surface area contributed by atoms with Gasteiger partial charge in [0.1, 0.15) is 0 Å². The molecule has 0 aliphatic carbocycles. The fourth-order valence-electron chi connectivity index (χ4n) is 1.18. The molecule has 11 heavy (non-hydrogen) atoms. The molecule has 0 N–H and O–H groups in total. The van der Waals surface area contributed by atoms with Crippen molar-refractivity contribution in [3.8, 4) is 0 Å². The second-order valence-electron chi connectivity index (χ2n) is 2.85. The molecule has 0 bridgehead atoms. The van der Waals surface area contributed by atoms with Crippen molar-refractivity contribution in [1.82, 2.24) is 9.21 Å². The lowest BCUT2D eigenvalue weighted by molar-refractivity contribution is 0.198. The Morgan fingerprint density at radius 3 is 2.36 bits per heavy atom. The summed E-state index contributed by atoms with van der Waals surface area (Å²) in [5.74, 6) is 0. The van der Waals surface area contributed by atoms with Gasteiger partial charge in [0, 0.05) is 18.8 Å². The first-order chi connectivity index (χ1) is 5.16. The zero-order chi connectivity index (χ0) is 8.43. The minimum atomic E-state index is 0.160. The van der Waals surface area contributed by atoms with Gasteiger partial charge in [-0.1, -0.05) is 0 Å². The zero-order valence-corrected chi connectivity index (χ0v) is 8.02. The van der Waals surface area contributed by atoms with Gasteiger partial charge in [-0.3, -0.25) is 4.31 Å². The Morgan fingerprint density at radius 2 is 2.09 bits per heavy atom. The predicted molar refractivity (Wildman–Crippen MR) is 47.5 cm³/mol. The molecule has 0 saturated carbocycles. The monoisotopic (exact) mass is 174 g/mol. The maximum Gasteiger partial charge on any atom is 0.330 e. The second kappa shape index (κ2) is 3.34. The van der Waals surface area contributed by atoms with Gasteiger partial charge < -0.3 is 4.90 Å². The van der Waals surface area contributed by atoms with E-state index in [-0.39, 0.29) is 6.03 Å². The lowest BCUT2D eigenvalue weighted by atomic mass is 10.3. The molecule has 1 rings (SSSR count). The van der Waals surface area contributed by atoms with Crippen molar-refractivity contribution in [2.45, 2.75) is 19.9 Å². The van der Waals surface area contributed by atoms with Crippen LogP contribution in [0.15, 0.2) is 0 Å². The summed E-state index contributed by atoms with van der Waals surface area (Å²) in [6, 6.07) is 0.493. The Labute approximate surface area is 71.9 Å². The van der Waals surface area contributed by atoms with E-state index >= 15 is 0 Å². The average Bonchev–Trinajstić information content (AvgIpc) is 2.30. The van der Waals surface area contributed by atoms with E-state index < -0.39 is 0 Å². The van der Waals surface area contributed by atoms with Crippen LogP contribution in [0.1, 0.15) is 13.8 Å². The molecule has 0 aromatic carbocycles. The molecule has 1 saturated heterocycles. The number of carbonyl (C=O) groups excluding carboxylic acids is 1. The van der Waals surface area contributed by atoms with Crippen LogP contribution >= 0.6 is 11.9 Å². The number of nitrogens with zero attached hydrogens (tertiary/aromatic N) is 2. The van der Waals surface area contributed by atoms with Gasteiger partial charge in [0.15, 0.2) is 0 Å². The Kier molecular flexibility index (Phi) is 2.65. The van der Waals surface area contributed by atoms with Crippen LogP contribution in [-0.2, 0) is 0 Å². The topological polar surface area (TPSA) is 23.6 Å². The van der Waals surface area contributed by atoms with Crippen LogP contribution in [0.3, 0.4) is 0 Å². The molecule has 3 nitrogen and oxygen atoms in total. The van der Waals surface area contributed by atoms with E-state index in [4.69, 9.17) is 0 Å². The summed E-state index contributed by atoms with van der Waals surface area (Å²) in [5.41, 5.74) is 0. The third-order valence-corrected chi connectivity index (χ3v) is 2.63. The highest BCUT2D eigenvalue weighted by atomic mass is 32.2. The second-order valence-corrected chi connectivity index (χ2v) is 3.66. The number of hydrogen-bond acceptors (Lipinski definition) is 2. The highest BCUT2D eigenvalue weighted by molar-refractivity contribution is 7.96. The lowest BCUT2D eigenvalue weighted by Gasteiger charge is -2.20. The molecule has 4 heteroatoms. The molecule has 0 atom stereocenters. The van der Waals surface area contributed by atoms with E-state index in [9.17, 15) is 4.79 Å². The van der Waals surface area contributed by atoms with E-state index in [1.54, 1.807) is 4.31 Å². The van der Waals surface area contributed by atoms with Crippen LogP contribution in [0.5, 0.6) is 0 Å². The van der Waals surface area contributed by atoms with Crippen LogP contribution in [0, 0.1) is 0 Å². The summed E-state index contributed by atoms with van der Waals surface area (Å²) in [6.45, 7) is 5.82. The fourth-order valence-corrected chi connectivity index (χ4v) is 1.71. The first-order valence-corrected chi connectivity index (χ1v) is 4.97. The smallest absolute Gasteiger partial charge is 0.320 e. The highest BCUT2D eigenvalue weighted by Crippen LogP contribution is 2.17. The minimum Gasteiger partial charge on any atom is -0.320 e. The van der Waals surface area contributed by atoms with Gasteiger partial charge in [-0.25, -0.2) is 4.79 Å². The van der Waals surface area contributed by atoms with E-state index in [1.165, 1.54) is 11.9 Å². The van der Waals surface area contributed by atoms with Crippen molar-refractivity contribution in [2.24, 2.45) is 0 Å². The standard InChI is InChI=1S/C7H14N2OS/c1-6(2)8-4-5-9(11-3)7(8)10/h6H,4-5H2,1-3H3. The summed E-state index contributed by atoms with van der Waals surface area (Å²) in [5, 5.41) is 0. The van der Waals surface area contributed by atoms with Crippen molar-refractivity contribution in [3.63, 3.8) is 0 Å². The summed E-state index contributed by atoms with van der Waals surface area (Å²) in [4.78, 5) is 13.3. The lowest BCUT2D eigenvalue weighted by Crippen LogP contribution is -2.33. The maximum absolute atomic E-state index is 11.4. The van der Waals surface area contributed by atoms with E-state index in [0.29, 0.717) is 6.04 Å². The third kappa shape index (κ3) is 1.61. The molecule has 0 aromatic heterocycles. The van der Waals surface area contributed by atoms with Gasteiger partial charge in [0.25, 0.3) is 0 Å². The minimum absolute atomic E-state index is 0.160. The van der Waals surface area contributed by atoms with Gasteiger partial charge in [-0.05, 0) is 25.8 Å². The van der Waals surface area contributed by atoms with Gasteiger partial charge in [0.2, 0.25) is 0 Å². The number of amides is 2. The molecular weight excluding hydrogens is 160 g/mol. The van der Waals surface area contributed by atoms with E-state index in [0.717, 1.165) is 13.1 Å². The molecule has 0 aromatic rings. The van der Waals surface area contributed by atoms with Crippen LogP contribution < -0.4 is 0 Å². The summed E-state index contributed by atoms with van der Waals surface area (Å²) < 4.78 is 1.79. The number of urea groups is 1. The molecule has 1 aliphatic heterocycles. The average molecular weight is 174 g/mol. The molecule has 0 radical (unpaired) electrons. The third-order valence-electron chi connectivity index (χ3n) is 1.85. The van der Waals surface area contributed by atoms with Gasteiger partial charge in [0.05, 0.1) is 6.54 Å². The molecule has 0 spiro atoms. The molecule has 1 heterocycles. The number of carbonyl (C=O) groups is 1.